The summed E-state index contributed by atoms with van der Waals surface area (Å²) in [5, 5.41) is 3.06. The molecule has 17 heavy (non-hydrogen) atoms. The molecule has 1 aromatic heterocycles. The van der Waals surface area contributed by atoms with E-state index in [1.807, 2.05) is 0 Å². The number of hydrogen-bond donors (Lipinski definition) is 2. The van der Waals surface area contributed by atoms with Crippen LogP contribution in [0.25, 0.3) is 0 Å². The van der Waals surface area contributed by atoms with Gasteiger partial charge in [0.2, 0.25) is 5.95 Å². The van der Waals surface area contributed by atoms with Crippen LogP contribution in [0.4, 0.5) is 16.2 Å². The number of nitrogens with two attached hydrogens (primary N) is 1. The van der Waals surface area contributed by atoms with Crippen LogP contribution in [0.1, 0.15) is 20.3 Å². The van der Waals surface area contributed by atoms with Crippen molar-refractivity contribution in [1.82, 2.24) is 9.97 Å². The van der Waals surface area contributed by atoms with Crippen LogP contribution in [0.3, 0.4) is 0 Å². The minimum atomic E-state index is -0.490. The topological polar surface area (TPSA) is 73.1 Å². The highest BCUT2D eigenvalue weighted by molar-refractivity contribution is 5.41. The van der Waals surface area contributed by atoms with Gasteiger partial charge in [0.25, 0.3) is 0 Å². The van der Waals surface area contributed by atoms with Crippen molar-refractivity contribution in [3.8, 4) is 0 Å². The summed E-state index contributed by atoms with van der Waals surface area (Å²) in [6, 6.07) is 0.122. The number of rotatable bonds is 3. The zero-order valence-corrected chi connectivity index (χ0v) is 10.2. The molecule has 2 rings (SSSR count). The van der Waals surface area contributed by atoms with Gasteiger partial charge in [-0.05, 0) is 6.42 Å². The lowest BCUT2D eigenvalue weighted by molar-refractivity contribution is -0.0796. The molecule has 6 heteroatoms. The first kappa shape index (κ1) is 12.0. The Morgan fingerprint density at radius 3 is 2.88 bits per heavy atom. The summed E-state index contributed by atoms with van der Waals surface area (Å²) in [6.07, 6.45) is 2.08. The van der Waals surface area contributed by atoms with Crippen LogP contribution in [0.15, 0.2) is 6.20 Å². The zero-order chi connectivity index (χ0) is 12.6. The van der Waals surface area contributed by atoms with Gasteiger partial charge in [0.05, 0.1) is 12.3 Å². The summed E-state index contributed by atoms with van der Waals surface area (Å²) in [4.78, 5) is 7.44. The number of aromatic nitrogens is 2. The van der Waals surface area contributed by atoms with Crippen LogP contribution in [-0.2, 0) is 4.74 Å². The van der Waals surface area contributed by atoms with Gasteiger partial charge in [0.15, 0.2) is 11.6 Å². The number of hydrogen-bond acceptors (Lipinski definition) is 5. The predicted molar refractivity (Wildman–Crippen MR) is 63.0 cm³/mol. The second-order valence-electron chi connectivity index (χ2n) is 4.90. The highest BCUT2D eigenvalue weighted by Crippen LogP contribution is 2.43. The second-order valence-corrected chi connectivity index (χ2v) is 4.90. The number of nitrogens with one attached hydrogen (secondary N) is 1. The average molecular weight is 240 g/mol. The number of ether oxygens (including phenoxy) is 1. The zero-order valence-electron chi connectivity index (χ0n) is 10.2. The van der Waals surface area contributed by atoms with Crippen LogP contribution >= 0.6 is 0 Å². The maximum absolute atomic E-state index is 13.4. The highest BCUT2D eigenvalue weighted by atomic mass is 19.1. The van der Waals surface area contributed by atoms with Gasteiger partial charge in [-0.15, -0.1) is 0 Å². The molecule has 2 atom stereocenters. The van der Waals surface area contributed by atoms with E-state index in [4.69, 9.17) is 10.5 Å². The molecule has 1 heterocycles. The van der Waals surface area contributed by atoms with E-state index in [9.17, 15) is 4.39 Å². The highest BCUT2D eigenvalue weighted by Gasteiger charge is 2.48. The molecule has 2 unspecified atom stereocenters. The number of nitrogen functional groups attached to an aromatic ring is 1. The first-order valence-corrected chi connectivity index (χ1v) is 5.52. The van der Waals surface area contributed by atoms with E-state index < -0.39 is 5.82 Å². The lowest BCUT2D eigenvalue weighted by Gasteiger charge is -2.51. The molecule has 1 fully saturated rings. The molecule has 0 aliphatic heterocycles. The Bertz CT molecular complexity index is 424. The van der Waals surface area contributed by atoms with Gasteiger partial charge in [-0.2, -0.15) is 4.98 Å². The molecule has 0 saturated heterocycles. The van der Waals surface area contributed by atoms with Crippen LogP contribution in [0, 0.1) is 11.2 Å². The van der Waals surface area contributed by atoms with Gasteiger partial charge in [-0.1, -0.05) is 13.8 Å². The Morgan fingerprint density at radius 2 is 2.29 bits per heavy atom. The fourth-order valence-corrected chi connectivity index (χ4v) is 2.18. The molecule has 1 aliphatic carbocycles. The third-order valence-electron chi connectivity index (χ3n) is 3.54. The molecular formula is C11H17FN4O. The van der Waals surface area contributed by atoms with Crippen molar-refractivity contribution in [2.45, 2.75) is 32.4 Å². The van der Waals surface area contributed by atoms with Crippen molar-refractivity contribution in [1.29, 1.82) is 0 Å². The Balaban J connectivity index is 2.10. The van der Waals surface area contributed by atoms with Crippen molar-refractivity contribution < 1.29 is 9.13 Å². The Labute approximate surface area is 99.6 Å². The monoisotopic (exact) mass is 240 g/mol. The molecule has 94 valence electrons. The van der Waals surface area contributed by atoms with Crippen LogP contribution in [0.5, 0.6) is 0 Å². The molecule has 0 bridgehead atoms. The van der Waals surface area contributed by atoms with E-state index >= 15 is 0 Å². The average Bonchev–Trinajstić information content (AvgIpc) is 2.28. The van der Waals surface area contributed by atoms with Crippen molar-refractivity contribution in [2.24, 2.45) is 5.41 Å². The molecule has 0 amide bonds. The van der Waals surface area contributed by atoms with Gasteiger partial charge in [-0.3, -0.25) is 0 Å². The first-order chi connectivity index (χ1) is 7.95. The predicted octanol–water partition coefficient (Wildman–Crippen LogP) is 1.42. The summed E-state index contributed by atoms with van der Waals surface area (Å²) in [5.74, 6) is -0.268. The van der Waals surface area contributed by atoms with E-state index in [1.54, 1.807) is 7.11 Å². The van der Waals surface area contributed by atoms with E-state index in [1.165, 1.54) is 0 Å². The second kappa shape index (κ2) is 4.10. The van der Waals surface area contributed by atoms with Crippen LogP contribution < -0.4 is 11.1 Å². The maximum Gasteiger partial charge on any atom is 0.222 e. The first-order valence-electron chi connectivity index (χ1n) is 5.52. The van der Waals surface area contributed by atoms with Crippen LogP contribution in [-0.4, -0.2) is 29.2 Å². The molecule has 1 aromatic rings. The van der Waals surface area contributed by atoms with E-state index in [0.717, 1.165) is 12.6 Å². The fraction of sp³-hybridized carbons (Fsp3) is 0.636. The quantitative estimate of drug-likeness (QED) is 0.836. The summed E-state index contributed by atoms with van der Waals surface area (Å²) in [7, 11) is 1.69. The van der Waals surface area contributed by atoms with Gasteiger partial charge < -0.3 is 15.8 Å². The molecule has 3 N–H and O–H groups in total. The molecular weight excluding hydrogens is 223 g/mol. The van der Waals surface area contributed by atoms with E-state index in [-0.39, 0.29) is 29.3 Å². The molecule has 1 saturated carbocycles. The molecule has 0 aromatic carbocycles. The van der Waals surface area contributed by atoms with Gasteiger partial charge in [0, 0.05) is 18.6 Å². The Morgan fingerprint density at radius 1 is 1.59 bits per heavy atom. The SMILES string of the molecule is COC1CC(Nc2nc(N)ncc2F)C1(C)C. The fourth-order valence-electron chi connectivity index (χ4n) is 2.18. The standard InChI is InChI=1S/C11H17FN4O/c1-11(2)7(4-8(11)17-3)15-9-6(12)5-14-10(13)16-9/h5,7-8H,4H2,1-3H3,(H3,13,14,15,16). The summed E-state index contributed by atoms with van der Waals surface area (Å²) >= 11 is 0. The maximum atomic E-state index is 13.4. The van der Waals surface area contributed by atoms with Crippen molar-refractivity contribution in [2.75, 3.05) is 18.2 Å². The van der Waals surface area contributed by atoms with Crippen molar-refractivity contribution in [3.63, 3.8) is 0 Å². The van der Waals surface area contributed by atoms with Gasteiger partial charge >= 0.3 is 0 Å². The Hall–Kier alpha value is -1.43. The minimum absolute atomic E-state index is 0.0547. The molecule has 0 radical (unpaired) electrons. The van der Waals surface area contributed by atoms with Crippen molar-refractivity contribution >= 4 is 11.8 Å². The summed E-state index contributed by atoms with van der Waals surface area (Å²) in [6.45, 7) is 4.15. The van der Waals surface area contributed by atoms with E-state index in [2.05, 4.69) is 29.1 Å². The van der Waals surface area contributed by atoms with Gasteiger partial charge in [-0.25, -0.2) is 9.37 Å². The minimum Gasteiger partial charge on any atom is -0.381 e. The smallest absolute Gasteiger partial charge is 0.222 e. The normalized spacial score (nSPS) is 26.4. The van der Waals surface area contributed by atoms with Crippen molar-refractivity contribution in [3.05, 3.63) is 12.0 Å². The van der Waals surface area contributed by atoms with Crippen LogP contribution in [0.2, 0.25) is 0 Å². The third-order valence-corrected chi connectivity index (χ3v) is 3.54. The van der Waals surface area contributed by atoms with Gasteiger partial charge in [0.1, 0.15) is 0 Å². The van der Waals surface area contributed by atoms with E-state index in [0.29, 0.717) is 0 Å². The largest absolute Gasteiger partial charge is 0.381 e. The Kier molecular flexibility index (Phi) is 2.91. The summed E-state index contributed by atoms with van der Waals surface area (Å²) < 4.78 is 18.8. The molecule has 0 spiro atoms. The molecule has 5 nitrogen and oxygen atoms in total. The number of anilines is 2. The summed E-state index contributed by atoms with van der Waals surface area (Å²) in [5.41, 5.74) is 5.38. The number of halogens is 1. The number of methoxy groups -OCH3 is 1. The number of nitrogens with zero attached hydrogens (tertiary/aromatic N) is 2. The third kappa shape index (κ3) is 2.04. The lowest BCUT2D eigenvalue weighted by atomic mass is 9.64. The molecule has 1 aliphatic rings. The lowest BCUT2D eigenvalue weighted by Crippen LogP contribution is -2.57.